The van der Waals surface area contributed by atoms with E-state index in [9.17, 15) is 4.79 Å². The lowest BCUT2D eigenvalue weighted by Crippen LogP contribution is -2.34. The van der Waals surface area contributed by atoms with Gasteiger partial charge < -0.3 is 10.6 Å². The van der Waals surface area contributed by atoms with Gasteiger partial charge in [-0.05, 0) is 25.3 Å². The van der Waals surface area contributed by atoms with E-state index in [4.69, 9.17) is 0 Å². The summed E-state index contributed by atoms with van der Waals surface area (Å²) in [5, 5.41) is 6.27. The highest BCUT2D eigenvalue weighted by Gasteiger charge is 2.25. The van der Waals surface area contributed by atoms with Crippen molar-refractivity contribution < 1.29 is 4.79 Å². The summed E-state index contributed by atoms with van der Waals surface area (Å²) in [6.45, 7) is 6.03. The van der Waals surface area contributed by atoms with Crippen LogP contribution in [0, 0.1) is 0 Å². The third-order valence-electron chi connectivity index (χ3n) is 3.26. The molecule has 3 heteroatoms. The molecule has 1 saturated heterocycles. The van der Waals surface area contributed by atoms with E-state index >= 15 is 0 Å². The second-order valence-corrected chi connectivity index (χ2v) is 4.91. The minimum atomic E-state index is 0.0864. The van der Waals surface area contributed by atoms with Crippen LogP contribution in [-0.2, 0) is 11.2 Å². The van der Waals surface area contributed by atoms with Crippen molar-refractivity contribution in [2.75, 3.05) is 0 Å². The first-order valence-electron chi connectivity index (χ1n) is 6.44. The van der Waals surface area contributed by atoms with Gasteiger partial charge in [0.15, 0.2) is 0 Å². The van der Waals surface area contributed by atoms with Crippen molar-refractivity contribution in [3.05, 3.63) is 48.2 Å². The van der Waals surface area contributed by atoms with Crippen molar-refractivity contribution >= 4 is 5.91 Å². The Bertz CT molecular complexity index is 427. The Morgan fingerprint density at radius 1 is 1.44 bits per heavy atom. The lowest BCUT2D eigenvalue weighted by molar-refractivity contribution is -0.121. The Morgan fingerprint density at radius 3 is 2.78 bits per heavy atom. The number of hydrogen-bond donors (Lipinski definition) is 2. The SMILES string of the molecule is C=C1NC(C)CC1NC(=O)CCc1ccccc1. The van der Waals surface area contributed by atoms with E-state index in [-0.39, 0.29) is 11.9 Å². The predicted octanol–water partition coefficient (Wildman–Crippen LogP) is 2.00. The molecule has 2 rings (SSSR count). The minimum absolute atomic E-state index is 0.0864. The number of hydrogen-bond acceptors (Lipinski definition) is 2. The number of benzene rings is 1. The van der Waals surface area contributed by atoms with E-state index in [2.05, 4.69) is 24.1 Å². The van der Waals surface area contributed by atoms with Crippen LogP contribution in [-0.4, -0.2) is 18.0 Å². The van der Waals surface area contributed by atoms with Gasteiger partial charge in [0.05, 0.1) is 6.04 Å². The molecular weight excluding hydrogens is 224 g/mol. The Kier molecular flexibility index (Phi) is 4.03. The molecule has 18 heavy (non-hydrogen) atoms. The van der Waals surface area contributed by atoms with Crippen molar-refractivity contribution in [3.8, 4) is 0 Å². The lowest BCUT2D eigenvalue weighted by atomic mass is 10.1. The highest BCUT2D eigenvalue weighted by Crippen LogP contribution is 2.14. The van der Waals surface area contributed by atoms with Gasteiger partial charge in [-0.15, -0.1) is 0 Å². The van der Waals surface area contributed by atoms with Gasteiger partial charge in [0.1, 0.15) is 0 Å². The van der Waals surface area contributed by atoms with Crippen LogP contribution in [0.25, 0.3) is 0 Å². The van der Waals surface area contributed by atoms with Crippen molar-refractivity contribution in [2.24, 2.45) is 0 Å². The molecule has 1 aliphatic heterocycles. The van der Waals surface area contributed by atoms with Crippen LogP contribution in [0.15, 0.2) is 42.6 Å². The molecule has 96 valence electrons. The summed E-state index contributed by atoms with van der Waals surface area (Å²) < 4.78 is 0. The van der Waals surface area contributed by atoms with E-state index in [1.54, 1.807) is 0 Å². The van der Waals surface area contributed by atoms with Crippen LogP contribution in [0.2, 0.25) is 0 Å². The topological polar surface area (TPSA) is 41.1 Å². The fourth-order valence-electron chi connectivity index (χ4n) is 2.29. The zero-order valence-corrected chi connectivity index (χ0v) is 10.8. The maximum Gasteiger partial charge on any atom is 0.220 e. The van der Waals surface area contributed by atoms with E-state index in [1.165, 1.54) is 5.56 Å². The van der Waals surface area contributed by atoms with Crippen molar-refractivity contribution in [3.63, 3.8) is 0 Å². The Labute approximate surface area is 108 Å². The highest BCUT2D eigenvalue weighted by atomic mass is 16.1. The summed E-state index contributed by atoms with van der Waals surface area (Å²) in [7, 11) is 0. The van der Waals surface area contributed by atoms with Crippen molar-refractivity contribution in [1.82, 2.24) is 10.6 Å². The third kappa shape index (κ3) is 3.36. The van der Waals surface area contributed by atoms with Gasteiger partial charge in [0.25, 0.3) is 0 Å². The van der Waals surface area contributed by atoms with Crippen molar-refractivity contribution in [2.45, 2.75) is 38.3 Å². The van der Waals surface area contributed by atoms with E-state index in [1.807, 2.05) is 30.3 Å². The quantitative estimate of drug-likeness (QED) is 0.850. The van der Waals surface area contributed by atoms with Crippen LogP contribution in [0.5, 0.6) is 0 Å². The second kappa shape index (κ2) is 5.71. The second-order valence-electron chi connectivity index (χ2n) is 4.91. The van der Waals surface area contributed by atoms with Crippen LogP contribution >= 0.6 is 0 Å². The number of rotatable bonds is 4. The van der Waals surface area contributed by atoms with E-state index < -0.39 is 0 Å². The molecule has 0 saturated carbocycles. The average Bonchev–Trinajstić information content (AvgIpc) is 2.67. The van der Waals surface area contributed by atoms with Gasteiger partial charge in [-0.1, -0.05) is 36.9 Å². The Morgan fingerprint density at radius 2 is 2.17 bits per heavy atom. The summed E-state index contributed by atoms with van der Waals surface area (Å²) in [4.78, 5) is 11.8. The maximum atomic E-state index is 11.8. The number of amides is 1. The van der Waals surface area contributed by atoms with Gasteiger partial charge in [-0.25, -0.2) is 0 Å². The van der Waals surface area contributed by atoms with Crippen LogP contribution in [0.3, 0.4) is 0 Å². The molecule has 1 aliphatic rings. The van der Waals surface area contributed by atoms with Crippen LogP contribution in [0.4, 0.5) is 0 Å². The monoisotopic (exact) mass is 244 g/mol. The molecule has 1 aromatic carbocycles. The van der Waals surface area contributed by atoms with E-state index in [0.29, 0.717) is 12.5 Å². The normalized spacial score (nSPS) is 22.6. The first kappa shape index (κ1) is 12.7. The molecule has 2 atom stereocenters. The lowest BCUT2D eigenvalue weighted by Gasteiger charge is -2.12. The molecule has 0 spiro atoms. The molecule has 0 aliphatic carbocycles. The molecular formula is C15H20N2O. The largest absolute Gasteiger partial charge is 0.385 e. The minimum Gasteiger partial charge on any atom is -0.385 e. The molecule has 1 fully saturated rings. The van der Waals surface area contributed by atoms with Gasteiger partial charge in [-0.2, -0.15) is 0 Å². The van der Waals surface area contributed by atoms with Crippen LogP contribution in [0.1, 0.15) is 25.3 Å². The molecule has 0 radical (unpaired) electrons. The van der Waals surface area contributed by atoms with Gasteiger partial charge >= 0.3 is 0 Å². The highest BCUT2D eigenvalue weighted by molar-refractivity contribution is 5.77. The fourth-order valence-corrected chi connectivity index (χ4v) is 2.29. The smallest absolute Gasteiger partial charge is 0.220 e. The zero-order valence-electron chi connectivity index (χ0n) is 10.8. The van der Waals surface area contributed by atoms with Crippen LogP contribution < -0.4 is 10.6 Å². The number of carbonyl (C=O) groups is 1. The van der Waals surface area contributed by atoms with E-state index in [0.717, 1.165) is 18.5 Å². The molecule has 0 bridgehead atoms. The standard InChI is InChI=1S/C15H20N2O/c1-11-10-14(12(2)16-11)17-15(18)9-8-13-6-4-3-5-7-13/h3-7,11,14,16H,2,8-10H2,1H3,(H,17,18). The van der Waals surface area contributed by atoms with Crippen molar-refractivity contribution in [1.29, 1.82) is 0 Å². The maximum absolute atomic E-state index is 11.8. The van der Waals surface area contributed by atoms with Gasteiger partial charge in [-0.3, -0.25) is 4.79 Å². The summed E-state index contributed by atoms with van der Waals surface area (Å²) in [6, 6.07) is 10.6. The van der Waals surface area contributed by atoms with Gasteiger partial charge in [0, 0.05) is 18.2 Å². The first-order chi connectivity index (χ1) is 8.65. The molecule has 1 heterocycles. The summed E-state index contributed by atoms with van der Waals surface area (Å²) >= 11 is 0. The predicted molar refractivity (Wildman–Crippen MR) is 73.0 cm³/mol. The number of carbonyl (C=O) groups excluding carboxylic acids is 1. The molecule has 0 aromatic heterocycles. The first-order valence-corrected chi connectivity index (χ1v) is 6.44. The molecule has 3 nitrogen and oxygen atoms in total. The molecule has 1 aromatic rings. The average molecular weight is 244 g/mol. The molecule has 2 unspecified atom stereocenters. The molecule has 1 amide bonds. The summed E-state index contributed by atoms with van der Waals surface area (Å²) in [5.41, 5.74) is 2.12. The molecule has 2 N–H and O–H groups in total. The van der Waals surface area contributed by atoms with Gasteiger partial charge in [0.2, 0.25) is 5.91 Å². The fraction of sp³-hybridized carbons (Fsp3) is 0.400. The summed E-state index contributed by atoms with van der Waals surface area (Å²) in [5.74, 6) is 0.0981. The third-order valence-corrected chi connectivity index (χ3v) is 3.26. The Hall–Kier alpha value is -1.77. The summed E-state index contributed by atoms with van der Waals surface area (Å²) in [6.07, 6.45) is 2.24. The zero-order chi connectivity index (χ0) is 13.0. The Balaban J connectivity index is 1.77. The number of nitrogens with one attached hydrogen (secondary N) is 2. The number of aryl methyl sites for hydroxylation is 1.